The average molecular weight is 245 g/mol. The first-order valence-corrected chi connectivity index (χ1v) is 5.63. The Bertz CT molecular complexity index is 300. The quantitative estimate of drug-likeness (QED) is 0.761. The number of rotatable bonds is 4. The van der Waals surface area contributed by atoms with Crippen LogP contribution in [0.25, 0.3) is 0 Å². The molecule has 6 nitrogen and oxygen atoms in total. The molecule has 1 aliphatic rings. The molecule has 1 rings (SSSR count). The number of methoxy groups -OCH3 is 1. The summed E-state index contributed by atoms with van der Waals surface area (Å²) >= 11 is 0. The first kappa shape index (κ1) is 13.9. The Kier molecular flexibility index (Phi) is 4.47. The largest absolute Gasteiger partial charge is 0.479 e. The van der Waals surface area contributed by atoms with Gasteiger partial charge in [0.05, 0.1) is 13.2 Å². The molecule has 2 atom stereocenters. The van der Waals surface area contributed by atoms with Crippen molar-refractivity contribution in [1.82, 2.24) is 4.90 Å². The van der Waals surface area contributed by atoms with Crippen LogP contribution in [0, 0.1) is 0 Å². The van der Waals surface area contributed by atoms with Gasteiger partial charge in [-0.05, 0) is 13.3 Å². The molecule has 0 aliphatic carbocycles. The second kappa shape index (κ2) is 5.46. The third-order valence-corrected chi connectivity index (χ3v) is 3.21. The topological polar surface area (TPSA) is 76.1 Å². The van der Waals surface area contributed by atoms with E-state index in [0.717, 1.165) is 0 Å². The zero-order chi connectivity index (χ0) is 13.1. The first-order valence-electron chi connectivity index (χ1n) is 5.63. The molecule has 0 spiro atoms. The fraction of sp³-hybridized carbons (Fsp3) is 0.818. The molecule has 0 saturated carbocycles. The molecule has 98 valence electrons. The number of ether oxygens (including phenoxy) is 2. The van der Waals surface area contributed by atoms with Gasteiger partial charge in [-0.3, -0.25) is 4.79 Å². The maximum atomic E-state index is 12.2. The number of hydrogen-bond donors (Lipinski definition) is 1. The van der Waals surface area contributed by atoms with Gasteiger partial charge in [0.25, 0.3) is 5.91 Å². The number of hydrogen-bond acceptors (Lipinski definition) is 4. The van der Waals surface area contributed by atoms with Crippen molar-refractivity contribution >= 4 is 11.9 Å². The molecule has 1 heterocycles. The van der Waals surface area contributed by atoms with Gasteiger partial charge in [0, 0.05) is 13.7 Å². The van der Waals surface area contributed by atoms with Gasteiger partial charge < -0.3 is 19.5 Å². The van der Waals surface area contributed by atoms with Gasteiger partial charge in [0.2, 0.25) is 0 Å². The highest BCUT2D eigenvalue weighted by Crippen LogP contribution is 2.19. The summed E-state index contributed by atoms with van der Waals surface area (Å²) in [5, 5.41) is 8.86. The molecule has 0 aromatic rings. The van der Waals surface area contributed by atoms with Crippen LogP contribution in [0.3, 0.4) is 0 Å². The Balaban J connectivity index is 2.72. The minimum Gasteiger partial charge on any atom is -0.479 e. The van der Waals surface area contributed by atoms with E-state index in [-0.39, 0.29) is 19.1 Å². The number of nitrogens with zero attached hydrogens (tertiary/aromatic N) is 1. The molecule has 0 bridgehead atoms. The molecular weight excluding hydrogens is 226 g/mol. The van der Waals surface area contributed by atoms with E-state index < -0.39 is 17.7 Å². The SMILES string of the molecule is CCC(C)(OC)C(=O)N1CCOC(C(=O)O)C1. The van der Waals surface area contributed by atoms with Crippen molar-refractivity contribution in [3.05, 3.63) is 0 Å². The molecule has 1 N–H and O–H groups in total. The molecule has 17 heavy (non-hydrogen) atoms. The summed E-state index contributed by atoms with van der Waals surface area (Å²) in [6, 6.07) is 0. The van der Waals surface area contributed by atoms with Crippen LogP contribution >= 0.6 is 0 Å². The summed E-state index contributed by atoms with van der Waals surface area (Å²) in [5.74, 6) is -1.23. The summed E-state index contributed by atoms with van der Waals surface area (Å²) in [6.07, 6.45) is -0.400. The van der Waals surface area contributed by atoms with Crippen molar-refractivity contribution in [3.8, 4) is 0 Å². The van der Waals surface area contributed by atoms with Crippen LogP contribution in [-0.2, 0) is 19.1 Å². The number of morpholine rings is 1. The lowest BCUT2D eigenvalue weighted by Crippen LogP contribution is -2.55. The van der Waals surface area contributed by atoms with Crippen molar-refractivity contribution in [1.29, 1.82) is 0 Å². The van der Waals surface area contributed by atoms with Gasteiger partial charge in [0.1, 0.15) is 5.60 Å². The van der Waals surface area contributed by atoms with Crippen LogP contribution in [0.1, 0.15) is 20.3 Å². The van der Waals surface area contributed by atoms with Crippen molar-refractivity contribution < 1.29 is 24.2 Å². The van der Waals surface area contributed by atoms with Gasteiger partial charge in [-0.15, -0.1) is 0 Å². The van der Waals surface area contributed by atoms with E-state index in [9.17, 15) is 9.59 Å². The summed E-state index contributed by atoms with van der Waals surface area (Å²) < 4.78 is 10.3. The van der Waals surface area contributed by atoms with Crippen LogP contribution < -0.4 is 0 Å². The maximum absolute atomic E-state index is 12.2. The van der Waals surface area contributed by atoms with Crippen LogP contribution in [0.5, 0.6) is 0 Å². The van der Waals surface area contributed by atoms with Gasteiger partial charge in [-0.2, -0.15) is 0 Å². The van der Waals surface area contributed by atoms with Crippen LogP contribution in [0.15, 0.2) is 0 Å². The Morgan fingerprint density at radius 2 is 2.24 bits per heavy atom. The Labute approximate surface area is 100 Å². The normalized spacial score (nSPS) is 24.2. The van der Waals surface area contributed by atoms with Gasteiger partial charge in [-0.25, -0.2) is 4.79 Å². The summed E-state index contributed by atoms with van der Waals surface area (Å²) in [5.41, 5.74) is -0.888. The van der Waals surface area contributed by atoms with Crippen molar-refractivity contribution in [3.63, 3.8) is 0 Å². The number of amides is 1. The molecule has 0 aromatic carbocycles. The molecule has 1 amide bonds. The predicted octanol–water partition coefficient (Wildman–Crippen LogP) is 0.114. The number of carbonyl (C=O) groups excluding carboxylic acids is 1. The van der Waals surface area contributed by atoms with Crippen LogP contribution in [0.4, 0.5) is 0 Å². The minimum absolute atomic E-state index is 0.0765. The maximum Gasteiger partial charge on any atom is 0.334 e. The lowest BCUT2D eigenvalue weighted by molar-refractivity contribution is -0.168. The van der Waals surface area contributed by atoms with E-state index in [1.54, 1.807) is 6.92 Å². The van der Waals surface area contributed by atoms with E-state index in [1.165, 1.54) is 12.0 Å². The Hall–Kier alpha value is -1.14. The fourth-order valence-electron chi connectivity index (χ4n) is 1.70. The minimum atomic E-state index is -1.04. The van der Waals surface area contributed by atoms with E-state index >= 15 is 0 Å². The number of carbonyl (C=O) groups is 2. The summed E-state index contributed by atoms with van der Waals surface area (Å²) in [6.45, 7) is 4.29. The van der Waals surface area contributed by atoms with Crippen molar-refractivity contribution in [2.24, 2.45) is 0 Å². The molecule has 6 heteroatoms. The molecule has 0 radical (unpaired) electrons. The molecule has 0 aromatic heterocycles. The van der Waals surface area contributed by atoms with E-state index in [0.29, 0.717) is 13.0 Å². The number of carboxylic acid groups (broad SMARTS) is 1. The summed E-state index contributed by atoms with van der Waals surface area (Å²) in [4.78, 5) is 24.5. The molecular formula is C11H19NO5. The molecule has 1 saturated heterocycles. The van der Waals surface area contributed by atoms with Crippen molar-refractivity contribution in [2.45, 2.75) is 32.0 Å². The second-order valence-electron chi connectivity index (χ2n) is 4.24. The lowest BCUT2D eigenvalue weighted by Gasteiger charge is -2.36. The Morgan fingerprint density at radius 1 is 1.59 bits per heavy atom. The van der Waals surface area contributed by atoms with Crippen LogP contribution in [0.2, 0.25) is 0 Å². The highest BCUT2D eigenvalue weighted by atomic mass is 16.5. The summed E-state index contributed by atoms with van der Waals surface area (Å²) in [7, 11) is 1.48. The van der Waals surface area contributed by atoms with E-state index in [2.05, 4.69) is 0 Å². The monoisotopic (exact) mass is 245 g/mol. The zero-order valence-corrected chi connectivity index (χ0v) is 10.4. The van der Waals surface area contributed by atoms with Gasteiger partial charge >= 0.3 is 5.97 Å². The van der Waals surface area contributed by atoms with E-state index in [4.69, 9.17) is 14.6 Å². The number of carboxylic acids is 1. The van der Waals surface area contributed by atoms with Crippen molar-refractivity contribution in [2.75, 3.05) is 26.8 Å². The highest BCUT2D eigenvalue weighted by Gasteiger charge is 2.38. The molecule has 2 unspecified atom stereocenters. The predicted molar refractivity (Wildman–Crippen MR) is 59.7 cm³/mol. The smallest absolute Gasteiger partial charge is 0.334 e. The third kappa shape index (κ3) is 2.95. The van der Waals surface area contributed by atoms with Crippen LogP contribution in [-0.4, -0.2) is 60.4 Å². The third-order valence-electron chi connectivity index (χ3n) is 3.21. The molecule has 1 aliphatic heterocycles. The zero-order valence-electron chi connectivity index (χ0n) is 10.4. The van der Waals surface area contributed by atoms with Gasteiger partial charge in [0.15, 0.2) is 6.10 Å². The average Bonchev–Trinajstić information content (AvgIpc) is 2.37. The van der Waals surface area contributed by atoms with Gasteiger partial charge in [-0.1, -0.05) is 6.92 Å². The standard InChI is InChI=1S/C11H19NO5/c1-4-11(2,16-3)10(15)12-5-6-17-8(7-12)9(13)14/h8H,4-7H2,1-3H3,(H,13,14). The Morgan fingerprint density at radius 3 is 2.71 bits per heavy atom. The fourth-order valence-corrected chi connectivity index (χ4v) is 1.70. The number of aliphatic carboxylic acids is 1. The highest BCUT2D eigenvalue weighted by molar-refractivity contribution is 5.85. The lowest BCUT2D eigenvalue weighted by atomic mass is 10.0. The second-order valence-corrected chi connectivity index (χ2v) is 4.24. The van der Waals surface area contributed by atoms with E-state index in [1.807, 2.05) is 6.92 Å². The molecule has 1 fully saturated rings. The first-order chi connectivity index (χ1) is 7.94.